The molecule has 9 nitrogen and oxygen atoms in total. The monoisotopic (exact) mass is 628 g/mol. The number of nitrogen functional groups attached to an aromatic ring is 1. The van der Waals surface area contributed by atoms with Crippen LogP contribution in [0.25, 0.3) is 0 Å². The van der Waals surface area contributed by atoms with E-state index in [2.05, 4.69) is 15.5 Å². The number of benzene rings is 3. The highest BCUT2D eigenvalue weighted by Gasteiger charge is 2.33. The van der Waals surface area contributed by atoms with Crippen LogP contribution in [0.15, 0.2) is 72.8 Å². The minimum Gasteiger partial charge on any atom is -0.397 e. The van der Waals surface area contributed by atoms with Gasteiger partial charge in [-0.05, 0) is 74.2 Å². The SMILES string of the molecule is Nc1ccccc1NC(=O)CCCCCCC(=O)Nc1ccc(C2OC(CN3CCCCC3)CC(c3ccc(CO)cc3)O2)cc1. The number of nitrogens with two attached hydrogens (primary N) is 1. The number of aliphatic hydroxyl groups excluding tert-OH is 1. The molecule has 2 amide bonds. The summed E-state index contributed by atoms with van der Waals surface area (Å²) in [5.74, 6) is -0.0731. The van der Waals surface area contributed by atoms with Gasteiger partial charge in [0.15, 0.2) is 6.29 Å². The topological polar surface area (TPSA) is 126 Å². The zero-order valence-electron chi connectivity index (χ0n) is 26.7. The van der Waals surface area contributed by atoms with Gasteiger partial charge < -0.3 is 35.8 Å². The van der Waals surface area contributed by atoms with Crippen molar-refractivity contribution < 1.29 is 24.2 Å². The first kappa shape index (κ1) is 33.6. The van der Waals surface area contributed by atoms with Gasteiger partial charge in [0, 0.05) is 37.1 Å². The van der Waals surface area contributed by atoms with Crippen LogP contribution >= 0.6 is 0 Å². The van der Waals surface area contributed by atoms with Crippen LogP contribution in [-0.2, 0) is 25.7 Å². The van der Waals surface area contributed by atoms with Gasteiger partial charge in [-0.15, -0.1) is 0 Å². The number of hydrogen-bond donors (Lipinski definition) is 4. The second-order valence-corrected chi connectivity index (χ2v) is 12.4. The third kappa shape index (κ3) is 10.1. The molecule has 9 heteroatoms. The molecule has 2 fully saturated rings. The van der Waals surface area contributed by atoms with E-state index in [1.54, 1.807) is 12.1 Å². The van der Waals surface area contributed by atoms with E-state index >= 15 is 0 Å². The second kappa shape index (κ2) is 17.2. The first-order valence-electron chi connectivity index (χ1n) is 16.7. The standard InChI is InChI=1S/C37H48N4O5/c38-32-10-6-7-11-33(32)40-36(44)13-5-2-1-4-12-35(43)39-30-20-18-29(19-21-30)37-45-31(25-41-22-8-3-9-23-41)24-34(46-37)28-16-14-27(26-42)15-17-28/h6-7,10-11,14-21,31,34,37,42H,1-5,8-9,12-13,22-26,38H2,(H,39,43)(H,40,44). The maximum Gasteiger partial charge on any atom is 0.224 e. The average Bonchev–Trinajstić information content (AvgIpc) is 3.08. The molecule has 0 radical (unpaired) electrons. The Bertz CT molecular complexity index is 1390. The fourth-order valence-corrected chi connectivity index (χ4v) is 6.16. The van der Waals surface area contributed by atoms with Crippen LogP contribution in [0.1, 0.15) is 93.3 Å². The highest BCUT2D eigenvalue weighted by atomic mass is 16.7. The van der Waals surface area contributed by atoms with E-state index in [1.807, 2.05) is 60.7 Å². The molecular weight excluding hydrogens is 580 g/mol. The Labute approximate surface area is 272 Å². The van der Waals surface area contributed by atoms with Gasteiger partial charge in [0.1, 0.15) is 0 Å². The summed E-state index contributed by atoms with van der Waals surface area (Å²) in [6.07, 6.45) is 8.09. The molecule has 0 aromatic heterocycles. The lowest BCUT2D eigenvalue weighted by Crippen LogP contribution is -2.41. The van der Waals surface area contributed by atoms with Crippen LogP contribution in [0.3, 0.4) is 0 Å². The zero-order chi connectivity index (χ0) is 32.1. The number of rotatable bonds is 14. The number of amides is 2. The minimum absolute atomic E-state index is 0.0181. The second-order valence-electron chi connectivity index (χ2n) is 12.4. The quantitative estimate of drug-likeness (QED) is 0.115. The highest BCUT2D eigenvalue weighted by molar-refractivity contribution is 5.93. The molecule has 2 aliphatic rings. The number of carbonyl (C=O) groups is 2. The number of ether oxygens (including phenoxy) is 2. The summed E-state index contributed by atoms with van der Waals surface area (Å²) >= 11 is 0. The molecule has 5 N–H and O–H groups in total. The predicted octanol–water partition coefficient (Wildman–Crippen LogP) is 6.71. The Morgan fingerprint density at radius 3 is 2.11 bits per heavy atom. The molecule has 0 aliphatic carbocycles. The summed E-state index contributed by atoms with van der Waals surface area (Å²) < 4.78 is 13.0. The van der Waals surface area contributed by atoms with Crippen molar-refractivity contribution in [2.24, 2.45) is 0 Å². The van der Waals surface area contributed by atoms with E-state index in [1.165, 1.54) is 19.3 Å². The molecule has 3 aromatic rings. The van der Waals surface area contributed by atoms with Gasteiger partial charge in [0.25, 0.3) is 0 Å². The van der Waals surface area contributed by atoms with Crippen molar-refractivity contribution in [1.82, 2.24) is 4.90 Å². The number of likely N-dealkylation sites (tertiary alicyclic amines) is 1. The maximum atomic E-state index is 12.6. The van der Waals surface area contributed by atoms with E-state index in [0.29, 0.717) is 24.2 Å². The summed E-state index contributed by atoms with van der Waals surface area (Å²) in [6, 6.07) is 22.9. The largest absolute Gasteiger partial charge is 0.397 e. The fraction of sp³-hybridized carbons (Fsp3) is 0.459. The number of para-hydroxylation sites is 2. The van der Waals surface area contributed by atoms with E-state index in [9.17, 15) is 14.7 Å². The Morgan fingerprint density at radius 2 is 1.43 bits per heavy atom. The minimum atomic E-state index is -0.511. The van der Waals surface area contributed by atoms with Crippen molar-refractivity contribution in [3.8, 4) is 0 Å². The van der Waals surface area contributed by atoms with Crippen molar-refractivity contribution in [3.05, 3.63) is 89.5 Å². The lowest BCUT2D eigenvalue weighted by Gasteiger charge is -2.39. The molecule has 2 heterocycles. The number of aliphatic hydroxyl groups is 1. The lowest BCUT2D eigenvalue weighted by molar-refractivity contribution is -0.253. The van der Waals surface area contributed by atoms with E-state index < -0.39 is 6.29 Å². The van der Waals surface area contributed by atoms with Crippen molar-refractivity contribution in [2.75, 3.05) is 36.0 Å². The van der Waals surface area contributed by atoms with Crippen LogP contribution in [0.5, 0.6) is 0 Å². The third-order valence-electron chi connectivity index (χ3n) is 8.78. The van der Waals surface area contributed by atoms with Gasteiger partial charge in [-0.1, -0.05) is 67.8 Å². The number of unbranched alkanes of at least 4 members (excludes halogenated alkanes) is 3. The van der Waals surface area contributed by atoms with Crippen molar-refractivity contribution in [3.63, 3.8) is 0 Å². The van der Waals surface area contributed by atoms with Crippen LogP contribution in [-0.4, -0.2) is 47.6 Å². The first-order valence-corrected chi connectivity index (χ1v) is 16.7. The molecule has 3 aromatic carbocycles. The van der Waals surface area contributed by atoms with Crippen LogP contribution in [0, 0.1) is 0 Å². The summed E-state index contributed by atoms with van der Waals surface area (Å²) in [7, 11) is 0. The number of hydrogen-bond acceptors (Lipinski definition) is 7. The molecule has 2 aliphatic heterocycles. The molecule has 2 saturated heterocycles. The summed E-state index contributed by atoms with van der Waals surface area (Å²) in [4.78, 5) is 27.3. The molecule has 46 heavy (non-hydrogen) atoms. The van der Waals surface area contributed by atoms with Gasteiger partial charge in [-0.2, -0.15) is 0 Å². The average molecular weight is 629 g/mol. The highest BCUT2D eigenvalue weighted by Crippen LogP contribution is 2.38. The predicted molar refractivity (Wildman–Crippen MR) is 181 cm³/mol. The van der Waals surface area contributed by atoms with Gasteiger partial charge >= 0.3 is 0 Å². The number of carbonyl (C=O) groups excluding carboxylic acids is 2. The first-order chi connectivity index (χ1) is 22.5. The molecule has 0 bridgehead atoms. The summed E-state index contributed by atoms with van der Waals surface area (Å²) in [5.41, 5.74) is 10.7. The molecule has 3 atom stereocenters. The Balaban J connectivity index is 1.07. The number of anilines is 3. The van der Waals surface area contributed by atoms with Gasteiger partial charge in [-0.25, -0.2) is 0 Å². The van der Waals surface area contributed by atoms with Crippen molar-refractivity contribution in [2.45, 2.75) is 89.3 Å². The smallest absolute Gasteiger partial charge is 0.224 e. The number of nitrogens with one attached hydrogen (secondary N) is 2. The molecule has 3 unspecified atom stereocenters. The lowest BCUT2D eigenvalue weighted by atomic mass is 9.99. The molecular formula is C37H48N4O5. The molecule has 5 rings (SSSR count). The molecule has 0 saturated carbocycles. The van der Waals surface area contributed by atoms with Crippen LogP contribution < -0.4 is 16.4 Å². The maximum absolute atomic E-state index is 12.6. The normalized spacial score (nSPS) is 20.2. The van der Waals surface area contributed by atoms with E-state index in [0.717, 1.165) is 74.1 Å². The Morgan fingerprint density at radius 1 is 0.783 bits per heavy atom. The van der Waals surface area contributed by atoms with Crippen molar-refractivity contribution >= 4 is 28.9 Å². The van der Waals surface area contributed by atoms with Gasteiger partial charge in [0.05, 0.1) is 30.2 Å². The molecule has 246 valence electrons. The Kier molecular flexibility index (Phi) is 12.6. The summed E-state index contributed by atoms with van der Waals surface area (Å²) in [6.45, 7) is 3.12. The third-order valence-corrected chi connectivity index (χ3v) is 8.78. The summed E-state index contributed by atoms with van der Waals surface area (Å²) in [5, 5.41) is 15.3. The fourth-order valence-electron chi connectivity index (χ4n) is 6.16. The molecule has 0 spiro atoms. The van der Waals surface area contributed by atoms with Crippen LogP contribution in [0.4, 0.5) is 17.1 Å². The van der Waals surface area contributed by atoms with Gasteiger partial charge in [-0.3, -0.25) is 9.59 Å². The van der Waals surface area contributed by atoms with Gasteiger partial charge in [0.2, 0.25) is 11.8 Å². The Hall–Kier alpha value is -3.76. The number of piperidine rings is 1. The van der Waals surface area contributed by atoms with E-state index in [-0.39, 0.29) is 30.6 Å². The zero-order valence-corrected chi connectivity index (χ0v) is 26.7. The number of nitrogens with zero attached hydrogens (tertiary/aromatic N) is 1. The van der Waals surface area contributed by atoms with Crippen molar-refractivity contribution in [1.29, 1.82) is 0 Å². The van der Waals surface area contributed by atoms with E-state index in [4.69, 9.17) is 15.2 Å². The van der Waals surface area contributed by atoms with Crippen LogP contribution in [0.2, 0.25) is 0 Å².